The Kier molecular flexibility index (Phi) is 8.47. The maximum Gasteiger partial charge on any atom is 0.257 e. The number of nitrogens with zero attached hydrogens (tertiary/aromatic N) is 3. The monoisotopic (exact) mass is 580 g/mol. The van der Waals surface area contributed by atoms with E-state index in [0.717, 1.165) is 5.56 Å². The largest absolute Gasteiger partial charge is 0.490 e. The maximum atomic E-state index is 13.0. The van der Waals surface area contributed by atoms with Crippen LogP contribution in [0.1, 0.15) is 22.8 Å². The Balaban J connectivity index is 1.40. The number of anilines is 1. The summed E-state index contributed by atoms with van der Waals surface area (Å²) in [5.74, 6) is 1.25. The number of benzene rings is 3. The lowest BCUT2D eigenvalue weighted by Gasteiger charge is -2.41. The first-order valence-corrected chi connectivity index (χ1v) is 14.5. The molecule has 5 rings (SSSR count). The Hall–Kier alpha value is -4.07. The van der Waals surface area contributed by atoms with Gasteiger partial charge in [0.25, 0.3) is 5.91 Å². The van der Waals surface area contributed by atoms with Gasteiger partial charge in [0.2, 0.25) is 0 Å². The van der Waals surface area contributed by atoms with E-state index in [9.17, 15) is 19.0 Å². The van der Waals surface area contributed by atoms with E-state index in [2.05, 4.69) is 10.4 Å². The SMILES string of the molecule is C[C@@H](CO)Oc1cc(Oc2ccc3c(c2)OCCN(Cc2ccccc2)S3(O)O)cc(C(=O)Nc2ccn(C)n2)c1. The van der Waals surface area contributed by atoms with Crippen LogP contribution in [0.2, 0.25) is 0 Å². The Labute approximate surface area is 239 Å². The van der Waals surface area contributed by atoms with Gasteiger partial charge in [-0.25, -0.2) is 0 Å². The molecule has 11 nitrogen and oxygen atoms in total. The summed E-state index contributed by atoms with van der Waals surface area (Å²) in [6.07, 6.45) is 1.20. The third-order valence-electron chi connectivity index (χ3n) is 6.30. The van der Waals surface area contributed by atoms with Crippen LogP contribution in [0.25, 0.3) is 0 Å². The molecule has 1 amide bonds. The first-order valence-electron chi connectivity index (χ1n) is 13.0. The first-order chi connectivity index (χ1) is 19.7. The molecule has 12 heteroatoms. The lowest BCUT2D eigenvalue weighted by molar-refractivity contribution is 0.102. The van der Waals surface area contributed by atoms with Gasteiger partial charge < -0.3 is 24.6 Å². The number of nitrogens with one attached hydrogen (secondary N) is 1. The molecule has 1 aliphatic heterocycles. The fourth-order valence-electron chi connectivity index (χ4n) is 4.28. The molecular formula is C29H32N4O7S. The number of hydrogen-bond acceptors (Lipinski definition) is 9. The number of carbonyl (C=O) groups is 1. The summed E-state index contributed by atoms with van der Waals surface area (Å²) in [6.45, 7) is 2.41. The van der Waals surface area contributed by atoms with E-state index >= 15 is 0 Å². The van der Waals surface area contributed by atoms with E-state index in [1.54, 1.807) is 71.6 Å². The van der Waals surface area contributed by atoms with Crippen molar-refractivity contribution in [2.75, 3.05) is 25.1 Å². The third kappa shape index (κ3) is 6.81. The molecule has 0 bridgehead atoms. The second-order valence-corrected chi connectivity index (χ2v) is 11.6. The molecule has 1 aliphatic rings. The van der Waals surface area contributed by atoms with Crippen molar-refractivity contribution in [1.82, 2.24) is 14.1 Å². The van der Waals surface area contributed by atoms with Gasteiger partial charge in [0, 0.05) is 43.6 Å². The van der Waals surface area contributed by atoms with Crippen molar-refractivity contribution < 1.29 is 33.2 Å². The van der Waals surface area contributed by atoms with E-state index in [4.69, 9.17) is 14.2 Å². The summed E-state index contributed by atoms with van der Waals surface area (Å²) in [5, 5.41) is 16.4. The summed E-state index contributed by atoms with van der Waals surface area (Å²) in [7, 11) is -1.58. The highest BCUT2D eigenvalue weighted by Gasteiger charge is 2.31. The number of carbonyl (C=O) groups excluding carboxylic acids is 1. The molecule has 41 heavy (non-hydrogen) atoms. The number of aromatic nitrogens is 2. The molecule has 216 valence electrons. The van der Waals surface area contributed by atoms with Crippen LogP contribution in [0.4, 0.5) is 5.82 Å². The van der Waals surface area contributed by atoms with Crippen molar-refractivity contribution in [1.29, 1.82) is 0 Å². The van der Waals surface area contributed by atoms with Crippen LogP contribution in [0.15, 0.2) is 83.9 Å². The standard InChI is InChI=1S/C29H32N4O7S/c1-20(19-34)39-24-14-22(29(35)30-28-10-11-32(2)31-28)15-25(16-24)40-23-8-9-27-26(17-23)38-13-12-33(41(27,36)37)18-21-6-4-3-5-7-21/h3-11,14-17,20,34,36-37H,12-13,18-19H2,1-2H3,(H,30,31,35)/t20-/m0/s1. The van der Waals surface area contributed by atoms with E-state index in [-0.39, 0.29) is 23.7 Å². The summed E-state index contributed by atoms with van der Waals surface area (Å²) < 4.78 is 43.4. The molecule has 0 radical (unpaired) electrons. The molecule has 3 aromatic carbocycles. The number of rotatable bonds is 9. The van der Waals surface area contributed by atoms with Crippen molar-refractivity contribution in [2.24, 2.45) is 7.05 Å². The predicted octanol–water partition coefficient (Wildman–Crippen LogP) is 5.14. The highest BCUT2D eigenvalue weighted by molar-refractivity contribution is 8.22. The predicted molar refractivity (Wildman–Crippen MR) is 155 cm³/mol. The molecule has 0 saturated carbocycles. The van der Waals surface area contributed by atoms with Gasteiger partial charge in [-0.05, 0) is 36.8 Å². The van der Waals surface area contributed by atoms with Crippen molar-refractivity contribution in [3.05, 3.63) is 90.1 Å². The van der Waals surface area contributed by atoms with Gasteiger partial charge in [-0.3, -0.25) is 18.6 Å². The van der Waals surface area contributed by atoms with Crippen molar-refractivity contribution in [3.63, 3.8) is 0 Å². The highest BCUT2D eigenvalue weighted by Crippen LogP contribution is 2.57. The molecule has 0 saturated heterocycles. The van der Waals surface area contributed by atoms with Crippen LogP contribution >= 0.6 is 10.8 Å². The van der Waals surface area contributed by atoms with Crippen LogP contribution in [0, 0.1) is 0 Å². The number of hydrogen-bond donors (Lipinski definition) is 4. The third-order valence-corrected chi connectivity index (χ3v) is 8.26. The minimum atomic E-state index is -3.33. The normalized spacial score (nSPS) is 16.0. The van der Waals surface area contributed by atoms with Crippen LogP contribution in [-0.2, 0) is 13.6 Å². The molecule has 0 aliphatic carbocycles. The number of aliphatic hydroxyl groups is 1. The molecule has 4 aromatic rings. The lowest BCUT2D eigenvalue weighted by atomic mass is 10.2. The van der Waals surface area contributed by atoms with E-state index < -0.39 is 22.8 Å². The van der Waals surface area contributed by atoms with Crippen molar-refractivity contribution >= 4 is 22.5 Å². The van der Waals surface area contributed by atoms with Crippen LogP contribution in [0.5, 0.6) is 23.0 Å². The zero-order chi connectivity index (χ0) is 29.0. The lowest BCUT2D eigenvalue weighted by Crippen LogP contribution is -2.29. The second-order valence-electron chi connectivity index (χ2n) is 9.56. The number of amides is 1. The summed E-state index contributed by atoms with van der Waals surface area (Å²) in [4.78, 5) is 13.3. The van der Waals surface area contributed by atoms with Gasteiger partial charge in [-0.15, -0.1) is 10.8 Å². The Morgan fingerprint density at radius 1 is 1.07 bits per heavy atom. The van der Waals surface area contributed by atoms with Gasteiger partial charge in [0.15, 0.2) is 5.82 Å². The summed E-state index contributed by atoms with van der Waals surface area (Å²) in [5.41, 5.74) is 1.21. The Bertz CT molecular complexity index is 1510. The zero-order valence-electron chi connectivity index (χ0n) is 22.6. The number of aryl methyl sites for hydroxylation is 1. The van der Waals surface area contributed by atoms with Gasteiger partial charge in [-0.2, -0.15) is 9.40 Å². The minimum absolute atomic E-state index is 0.212. The Morgan fingerprint density at radius 3 is 2.59 bits per heavy atom. The fourth-order valence-corrected chi connectivity index (χ4v) is 5.85. The molecular weight excluding hydrogens is 548 g/mol. The zero-order valence-corrected chi connectivity index (χ0v) is 23.5. The Morgan fingerprint density at radius 2 is 1.85 bits per heavy atom. The number of fused-ring (bicyclic) bond motifs is 1. The van der Waals surface area contributed by atoms with Crippen molar-refractivity contribution in [2.45, 2.75) is 24.5 Å². The average Bonchev–Trinajstić information content (AvgIpc) is 3.31. The molecule has 2 heterocycles. The topological polar surface area (TPSA) is 139 Å². The molecule has 1 aromatic heterocycles. The quantitative estimate of drug-likeness (QED) is 0.212. The molecule has 0 unspecified atom stereocenters. The molecule has 0 fully saturated rings. The van der Waals surface area contributed by atoms with E-state index in [1.807, 2.05) is 30.3 Å². The maximum absolute atomic E-state index is 13.0. The van der Waals surface area contributed by atoms with Crippen LogP contribution in [-0.4, -0.2) is 60.1 Å². The molecule has 1 atom stereocenters. The van der Waals surface area contributed by atoms with E-state index in [1.165, 1.54) is 0 Å². The van der Waals surface area contributed by atoms with Crippen molar-refractivity contribution in [3.8, 4) is 23.0 Å². The second kappa shape index (κ2) is 12.2. The van der Waals surface area contributed by atoms with Gasteiger partial charge in [0.1, 0.15) is 40.6 Å². The van der Waals surface area contributed by atoms with Crippen LogP contribution < -0.4 is 19.5 Å². The molecule has 4 N–H and O–H groups in total. The fraction of sp³-hybridized carbons (Fsp3) is 0.241. The minimum Gasteiger partial charge on any atom is -0.490 e. The highest BCUT2D eigenvalue weighted by atomic mass is 32.3. The van der Waals surface area contributed by atoms with E-state index in [0.29, 0.717) is 41.9 Å². The smallest absolute Gasteiger partial charge is 0.257 e. The van der Waals surface area contributed by atoms with Gasteiger partial charge >= 0.3 is 0 Å². The number of aliphatic hydroxyl groups excluding tert-OH is 1. The average molecular weight is 581 g/mol. The summed E-state index contributed by atoms with van der Waals surface area (Å²) in [6, 6.07) is 20.7. The van der Waals surface area contributed by atoms with Gasteiger partial charge in [-0.1, -0.05) is 30.3 Å². The molecule has 0 spiro atoms. The van der Waals surface area contributed by atoms with Gasteiger partial charge in [0.05, 0.1) is 13.2 Å². The summed E-state index contributed by atoms with van der Waals surface area (Å²) >= 11 is 0. The number of ether oxygens (including phenoxy) is 3. The first kappa shape index (κ1) is 28.5. The van der Waals surface area contributed by atoms with Crippen LogP contribution in [0.3, 0.4) is 0 Å².